The number of anilines is 1. The minimum atomic E-state index is -4.01. The molecular weight excluding hydrogens is 462 g/mol. The van der Waals surface area contributed by atoms with Crippen molar-refractivity contribution in [2.45, 2.75) is 44.1 Å². The normalized spacial score (nSPS) is 23.8. The van der Waals surface area contributed by atoms with Crippen LogP contribution in [-0.2, 0) is 15.7 Å². The van der Waals surface area contributed by atoms with Crippen molar-refractivity contribution in [2.75, 3.05) is 11.5 Å². The topological polar surface area (TPSA) is 124 Å². The van der Waals surface area contributed by atoms with Crippen LogP contribution in [0.5, 0.6) is 0 Å². The van der Waals surface area contributed by atoms with E-state index in [0.717, 1.165) is 54.1 Å². The van der Waals surface area contributed by atoms with Gasteiger partial charge in [-0.15, -0.1) is 6.42 Å². The molecule has 178 valence electrons. The van der Waals surface area contributed by atoms with Crippen LogP contribution >= 0.6 is 0 Å². The van der Waals surface area contributed by atoms with E-state index in [0.29, 0.717) is 29.0 Å². The molecule has 9 heteroatoms. The number of fused-ring (bicyclic) bond motifs is 4. The van der Waals surface area contributed by atoms with Gasteiger partial charge in [-0.25, -0.2) is 9.97 Å². The highest BCUT2D eigenvalue weighted by molar-refractivity contribution is 7.85. The fourth-order valence-corrected chi connectivity index (χ4v) is 7.20. The summed E-state index contributed by atoms with van der Waals surface area (Å²) >= 11 is 0. The summed E-state index contributed by atoms with van der Waals surface area (Å²) in [5.74, 6) is 3.06. The molecule has 2 aliphatic carbocycles. The first-order valence-electron chi connectivity index (χ1n) is 11.7. The Morgan fingerprint density at radius 3 is 2.66 bits per heavy atom. The quantitative estimate of drug-likeness (QED) is 0.320. The number of rotatable bonds is 5. The number of nitrogen functional groups attached to an aromatic ring is 1. The van der Waals surface area contributed by atoms with Gasteiger partial charge in [0.25, 0.3) is 10.1 Å². The minimum Gasteiger partial charge on any atom is -0.383 e. The van der Waals surface area contributed by atoms with Gasteiger partial charge in [0.2, 0.25) is 0 Å². The van der Waals surface area contributed by atoms with E-state index in [-0.39, 0.29) is 16.7 Å². The van der Waals surface area contributed by atoms with Gasteiger partial charge in [-0.05, 0) is 56.1 Å². The van der Waals surface area contributed by atoms with Crippen LogP contribution in [0.2, 0.25) is 0 Å². The van der Waals surface area contributed by atoms with Crippen molar-refractivity contribution < 1.29 is 13.0 Å². The summed E-state index contributed by atoms with van der Waals surface area (Å²) in [5, 5.41) is 1.71. The molecule has 6 rings (SSSR count). The fraction of sp³-hybridized carbons (Fsp3) is 0.346. The summed E-state index contributed by atoms with van der Waals surface area (Å²) in [7, 11) is -4.01. The molecule has 2 aliphatic rings. The van der Waals surface area contributed by atoms with Gasteiger partial charge in [0, 0.05) is 28.2 Å². The van der Waals surface area contributed by atoms with E-state index < -0.39 is 10.1 Å². The number of pyridine rings is 1. The number of hydrogen-bond donors (Lipinski definition) is 2. The fourth-order valence-electron chi connectivity index (χ4n) is 6.51. The summed E-state index contributed by atoms with van der Waals surface area (Å²) in [6, 6.07) is 9.96. The van der Waals surface area contributed by atoms with Crippen molar-refractivity contribution in [1.82, 2.24) is 19.5 Å². The van der Waals surface area contributed by atoms with Crippen LogP contribution in [0.3, 0.4) is 0 Å². The maximum Gasteiger partial charge on any atom is 0.264 e. The summed E-state index contributed by atoms with van der Waals surface area (Å²) in [4.78, 5) is 13.6. The van der Waals surface area contributed by atoms with Crippen LogP contribution in [0.15, 0.2) is 42.9 Å². The standard InChI is InChI=1S/C26H25N5O3S/c1-2-20-21(18-13-17-5-3-4-6-19(17)28-14-18)22-23(27)29-16-30-24(22)31(20)26-9-7-25(15-26,8-10-26)11-12-35(32,33)34/h1,3-6,13-14,16H,7-12,15H2,(H2,27,29,30)(H,32,33,34). The third-order valence-corrected chi connectivity index (χ3v) is 8.82. The predicted octanol–water partition coefficient (Wildman–Crippen LogP) is 4.15. The molecule has 3 N–H and O–H groups in total. The largest absolute Gasteiger partial charge is 0.383 e. The van der Waals surface area contributed by atoms with Crippen molar-refractivity contribution in [3.63, 3.8) is 0 Å². The second-order valence-corrected chi connectivity index (χ2v) is 11.6. The lowest BCUT2D eigenvalue weighted by Crippen LogP contribution is -2.29. The van der Waals surface area contributed by atoms with E-state index in [1.807, 2.05) is 30.5 Å². The molecular formula is C26H25N5O3S. The van der Waals surface area contributed by atoms with Crippen molar-refractivity contribution in [3.8, 4) is 23.5 Å². The lowest BCUT2D eigenvalue weighted by Gasteiger charge is -2.31. The highest BCUT2D eigenvalue weighted by atomic mass is 32.2. The van der Waals surface area contributed by atoms with E-state index in [1.165, 1.54) is 6.33 Å². The smallest absolute Gasteiger partial charge is 0.264 e. The third kappa shape index (κ3) is 3.39. The lowest BCUT2D eigenvalue weighted by atomic mass is 9.82. The molecule has 0 aliphatic heterocycles. The third-order valence-electron chi connectivity index (χ3n) is 8.10. The molecule has 2 saturated carbocycles. The van der Waals surface area contributed by atoms with E-state index in [4.69, 9.17) is 12.2 Å². The van der Waals surface area contributed by atoms with E-state index in [2.05, 4.69) is 31.5 Å². The molecule has 4 aromatic rings. The Morgan fingerprint density at radius 1 is 1.14 bits per heavy atom. The van der Waals surface area contributed by atoms with E-state index >= 15 is 0 Å². The van der Waals surface area contributed by atoms with Crippen LogP contribution in [0.25, 0.3) is 33.1 Å². The number of hydrogen-bond acceptors (Lipinski definition) is 6. The van der Waals surface area contributed by atoms with Gasteiger partial charge in [0.15, 0.2) is 0 Å². The van der Waals surface area contributed by atoms with Crippen LogP contribution in [-0.4, -0.2) is 38.2 Å². The molecule has 3 heterocycles. The number of aromatic nitrogens is 4. The van der Waals surface area contributed by atoms with Crippen LogP contribution < -0.4 is 5.73 Å². The Morgan fingerprint density at radius 2 is 1.91 bits per heavy atom. The average molecular weight is 488 g/mol. The highest BCUT2D eigenvalue weighted by Gasteiger charge is 2.56. The zero-order chi connectivity index (χ0) is 24.4. The summed E-state index contributed by atoms with van der Waals surface area (Å²) in [6.07, 6.45) is 14.1. The molecule has 35 heavy (non-hydrogen) atoms. The van der Waals surface area contributed by atoms with Crippen LogP contribution in [0, 0.1) is 17.8 Å². The first kappa shape index (κ1) is 22.0. The van der Waals surface area contributed by atoms with Gasteiger partial charge < -0.3 is 10.3 Å². The summed E-state index contributed by atoms with van der Waals surface area (Å²) in [6.45, 7) is 0. The Bertz CT molecular complexity index is 1640. The second kappa shape index (κ2) is 7.51. The average Bonchev–Trinajstić information content (AvgIpc) is 3.51. The summed E-state index contributed by atoms with van der Waals surface area (Å²) in [5.41, 5.74) is 9.92. The molecule has 2 bridgehead atoms. The number of nitrogens with zero attached hydrogens (tertiary/aromatic N) is 4. The first-order chi connectivity index (χ1) is 16.7. The maximum absolute atomic E-state index is 11.5. The second-order valence-electron chi connectivity index (χ2n) is 10.0. The number of nitrogens with two attached hydrogens (primary N) is 1. The zero-order valence-corrected chi connectivity index (χ0v) is 19.9. The highest BCUT2D eigenvalue weighted by Crippen LogP contribution is 2.63. The molecule has 0 spiro atoms. The van der Waals surface area contributed by atoms with Gasteiger partial charge in [0.05, 0.1) is 16.7 Å². The molecule has 0 atom stereocenters. The molecule has 8 nitrogen and oxygen atoms in total. The number of benzene rings is 1. The SMILES string of the molecule is C#Cc1c(-c2cnc3ccccc3c2)c2c(N)ncnc2n1C12CCC(CCS(=O)(=O)O)(CC1)C2. The van der Waals surface area contributed by atoms with Gasteiger partial charge in [-0.2, -0.15) is 8.42 Å². The van der Waals surface area contributed by atoms with Crippen molar-refractivity contribution in [1.29, 1.82) is 0 Å². The molecule has 0 unspecified atom stereocenters. The first-order valence-corrected chi connectivity index (χ1v) is 13.3. The zero-order valence-electron chi connectivity index (χ0n) is 19.1. The molecule has 0 amide bonds. The van der Waals surface area contributed by atoms with E-state index in [1.54, 1.807) is 0 Å². The molecule has 0 saturated heterocycles. The number of terminal acetylenes is 1. The van der Waals surface area contributed by atoms with Gasteiger partial charge in [-0.1, -0.05) is 24.1 Å². The van der Waals surface area contributed by atoms with Crippen molar-refractivity contribution in [2.24, 2.45) is 5.41 Å². The maximum atomic E-state index is 11.5. The van der Waals surface area contributed by atoms with Crippen LogP contribution in [0.4, 0.5) is 5.82 Å². The Balaban J connectivity index is 1.55. The monoisotopic (exact) mass is 487 g/mol. The van der Waals surface area contributed by atoms with Gasteiger partial charge in [-0.3, -0.25) is 9.54 Å². The minimum absolute atomic E-state index is 0.137. The molecule has 0 radical (unpaired) electrons. The van der Waals surface area contributed by atoms with Gasteiger partial charge in [0.1, 0.15) is 23.5 Å². The van der Waals surface area contributed by atoms with E-state index in [9.17, 15) is 13.0 Å². The molecule has 3 aromatic heterocycles. The summed E-state index contributed by atoms with van der Waals surface area (Å²) < 4.78 is 34.4. The lowest BCUT2D eigenvalue weighted by molar-refractivity contribution is 0.269. The molecule has 2 fully saturated rings. The predicted molar refractivity (Wildman–Crippen MR) is 135 cm³/mol. The Kier molecular flexibility index (Phi) is 4.72. The Hall–Kier alpha value is -3.48. The molecule has 1 aromatic carbocycles. The van der Waals surface area contributed by atoms with Gasteiger partial charge >= 0.3 is 0 Å². The van der Waals surface area contributed by atoms with Crippen molar-refractivity contribution in [3.05, 3.63) is 48.5 Å². The number of para-hydroxylation sites is 1. The van der Waals surface area contributed by atoms with Crippen molar-refractivity contribution >= 4 is 37.9 Å². The Labute approximate surface area is 203 Å². The van der Waals surface area contributed by atoms with Crippen LogP contribution in [0.1, 0.15) is 44.2 Å².